The average Bonchev–Trinajstić information content (AvgIpc) is 2.74. The van der Waals surface area contributed by atoms with Crippen molar-refractivity contribution in [2.45, 2.75) is 13.5 Å². The molecule has 100 valence electrons. The molecule has 0 aliphatic carbocycles. The maximum Gasteiger partial charge on any atom is 0.165 e. The standard InChI is InChI=1S/C13H14FN3O2/c1-3-17-13(15)9(7-18)12(16-17)8-4-5-11(19-2)10(14)6-8/h4-7H,3,15H2,1-2H3. The topological polar surface area (TPSA) is 70.1 Å². The Hall–Kier alpha value is -2.37. The van der Waals surface area contributed by atoms with Crippen LogP contribution in [0.5, 0.6) is 5.75 Å². The lowest BCUT2D eigenvalue weighted by Gasteiger charge is -2.03. The minimum Gasteiger partial charge on any atom is -0.494 e. The van der Waals surface area contributed by atoms with Crippen LogP contribution in [0.4, 0.5) is 10.2 Å². The van der Waals surface area contributed by atoms with E-state index in [2.05, 4.69) is 5.10 Å². The van der Waals surface area contributed by atoms with E-state index in [4.69, 9.17) is 10.5 Å². The van der Waals surface area contributed by atoms with E-state index in [1.54, 1.807) is 6.07 Å². The van der Waals surface area contributed by atoms with Crippen LogP contribution in [0.1, 0.15) is 17.3 Å². The van der Waals surface area contributed by atoms with Gasteiger partial charge in [0.2, 0.25) is 0 Å². The number of carbonyl (C=O) groups excluding carboxylic acids is 1. The molecule has 1 aromatic carbocycles. The lowest BCUT2D eigenvalue weighted by Crippen LogP contribution is -2.02. The van der Waals surface area contributed by atoms with E-state index in [1.165, 1.54) is 23.9 Å². The molecule has 0 aliphatic rings. The number of nitrogens with two attached hydrogens (primary N) is 1. The Morgan fingerprint density at radius 2 is 2.26 bits per heavy atom. The highest BCUT2D eigenvalue weighted by Crippen LogP contribution is 2.29. The molecule has 0 spiro atoms. The second kappa shape index (κ2) is 5.09. The molecule has 0 aliphatic heterocycles. The van der Waals surface area contributed by atoms with Crippen molar-refractivity contribution >= 4 is 12.1 Å². The number of rotatable bonds is 4. The summed E-state index contributed by atoms with van der Waals surface area (Å²) in [4.78, 5) is 11.1. The molecule has 0 bridgehead atoms. The van der Waals surface area contributed by atoms with Gasteiger partial charge < -0.3 is 10.5 Å². The highest BCUT2D eigenvalue weighted by atomic mass is 19.1. The monoisotopic (exact) mass is 263 g/mol. The molecule has 1 aromatic heterocycles. The molecule has 1 heterocycles. The van der Waals surface area contributed by atoms with Crippen molar-refractivity contribution in [3.05, 3.63) is 29.6 Å². The maximum atomic E-state index is 13.7. The fraction of sp³-hybridized carbons (Fsp3) is 0.231. The summed E-state index contributed by atoms with van der Waals surface area (Å²) in [7, 11) is 1.39. The van der Waals surface area contributed by atoms with Crippen molar-refractivity contribution in [2.75, 3.05) is 12.8 Å². The number of carbonyl (C=O) groups is 1. The van der Waals surface area contributed by atoms with Crippen LogP contribution in [0.3, 0.4) is 0 Å². The Kier molecular flexibility index (Phi) is 3.50. The Morgan fingerprint density at radius 1 is 1.53 bits per heavy atom. The molecule has 2 N–H and O–H groups in total. The number of aryl methyl sites for hydroxylation is 1. The van der Waals surface area contributed by atoms with Crippen molar-refractivity contribution in [3.63, 3.8) is 0 Å². The van der Waals surface area contributed by atoms with Gasteiger partial charge in [-0.05, 0) is 25.1 Å². The molecule has 2 aromatic rings. The SMILES string of the molecule is CCn1nc(-c2ccc(OC)c(F)c2)c(C=O)c1N. The smallest absolute Gasteiger partial charge is 0.165 e. The van der Waals surface area contributed by atoms with Crippen molar-refractivity contribution in [3.8, 4) is 17.0 Å². The summed E-state index contributed by atoms with van der Waals surface area (Å²) in [5.41, 5.74) is 6.93. The average molecular weight is 263 g/mol. The first kappa shape index (κ1) is 13.1. The van der Waals surface area contributed by atoms with Gasteiger partial charge in [0.05, 0.1) is 12.7 Å². The van der Waals surface area contributed by atoms with E-state index in [0.29, 0.717) is 24.1 Å². The fourth-order valence-electron chi connectivity index (χ4n) is 1.87. The maximum absolute atomic E-state index is 13.7. The summed E-state index contributed by atoms with van der Waals surface area (Å²) in [5.74, 6) is -0.0931. The van der Waals surface area contributed by atoms with Gasteiger partial charge >= 0.3 is 0 Å². The lowest BCUT2D eigenvalue weighted by molar-refractivity contribution is 0.112. The summed E-state index contributed by atoms with van der Waals surface area (Å²) < 4.78 is 20.0. The second-order valence-corrected chi connectivity index (χ2v) is 3.93. The summed E-state index contributed by atoms with van der Waals surface area (Å²) in [6.07, 6.45) is 0.631. The Morgan fingerprint density at radius 3 is 2.79 bits per heavy atom. The van der Waals surface area contributed by atoms with Crippen LogP contribution in [0.15, 0.2) is 18.2 Å². The van der Waals surface area contributed by atoms with E-state index in [1.807, 2.05) is 6.92 Å². The van der Waals surface area contributed by atoms with Crippen LogP contribution in [-0.4, -0.2) is 23.2 Å². The number of anilines is 1. The molecule has 0 saturated carbocycles. The summed E-state index contributed by atoms with van der Waals surface area (Å²) in [6.45, 7) is 2.39. The zero-order valence-electron chi connectivity index (χ0n) is 10.7. The Labute approximate surface area is 109 Å². The molecule has 6 heteroatoms. The summed E-state index contributed by atoms with van der Waals surface area (Å²) >= 11 is 0. The number of aldehydes is 1. The predicted octanol–water partition coefficient (Wildman–Crippen LogP) is 2.11. The van der Waals surface area contributed by atoms with Crippen molar-refractivity contribution in [2.24, 2.45) is 0 Å². The highest BCUT2D eigenvalue weighted by Gasteiger charge is 2.17. The zero-order chi connectivity index (χ0) is 14.0. The summed E-state index contributed by atoms with van der Waals surface area (Å²) in [6, 6.07) is 4.39. The highest BCUT2D eigenvalue weighted by molar-refractivity contribution is 5.91. The van der Waals surface area contributed by atoms with Crippen molar-refractivity contribution in [1.82, 2.24) is 9.78 Å². The van der Waals surface area contributed by atoms with Crippen LogP contribution in [0, 0.1) is 5.82 Å². The van der Waals surface area contributed by atoms with Gasteiger partial charge in [-0.25, -0.2) is 9.07 Å². The molecular formula is C13H14FN3O2. The van der Waals surface area contributed by atoms with Crippen LogP contribution in [0.25, 0.3) is 11.3 Å². The van der Waals surface area contributed by atoms with E-state index in [0.717, 1.165) is 0 Å². The minimum absolute atomic E-state index is 0.138. The van der Waals surface area contributed by atoms with Gasteiger partial charge in [-0.1, -0.05) is 0 Å². The van der Waals surface area contributed by atoms with E-state index >= 15 is 0 Å². The van der Waals surface area contributed by atoms with Crippen LogP contribution in [-0.2, 0) is 6.54 Å². The van der Waals surface area contributed by atoms with E-state index in [9.17, 15) is 9.18 Å². The van der Waals surface area contributed by atoms with Gasteiger partial charge in [-0.3, -0.25) is 4.79 Å². The first-order valence-electron chi connectivity index (χ1n) is 5.77. The predicted molar refractivity (Wildman–Crippen MR) is 69.6 cm³/mol. The summed E-state index contributed by atoms with van der Waals surface area (Å²) in [5, 5.41) is 4.22. The second-order valence-electron chi connectivity index (χ2n) is 3.93. The molecular weight excluding hydrogens is 249 g/mol. The number of hydrogen-bond acceptors (Lipinski definition) is 4. The van der Waals surface area contributed by atoms with Gasteiger partial charge in [-0.15, -0.1) is 0 Å². The molecule has 0 fully saturated rings. The van der Waals surface area contributed by atoms with Gasteiger partial charge in [-0.2, -0.15) is 5.10 Å². The largest absolute Gasteiger partial charge is 0.494 e. The number of nitrogens with zero attached hydrogens (tertiary/aromatic N) is 2. The van der Waals surface area contributed by atoms with Gasteiger partial charge in [0.25, 0.3) is 0 Å². The molecule has 2 rings (SSSR count). The van der Waals surface area contributed by atoms with Crippen LogP contribution < -0.4 is 10.5 Å². The Bertz CT molecular complexity index is 623. The molecule has 0 saturated heterocycles. The van der Waals surface area contributed by atoms with E-state index < -0.39 is 5.82 Å². The van der Waals surface area contributed by atoms with Crippen LogP contribution >= 0.6 is 0 Å². The number of ether oxygens (including phenoxy) is 1. The molecule has 19 heavy (non-hydrogen) atoms. The number of nitrogen functional groups attached to an aromatic ring is 1. The molecule has 0 unspecified atom stereocenters. The number of benzene rings is 1. The number of aromatic nitrogens is 2. The van der Waals surface area contributed by atoms with Crippen molar-refractivity contribution < 1.29 is 13.9 Å². The number of halogens is 1. The van der Waals surface area contributed by atoms with Gasteiger partial charge in [0.1, 0.15) is 11.5 Å². The van der Waals surface area contributed by atoms with Crippen LogP contribution in [0.2, 0.25) is 0 Å². The quantitative estimate of drug-likeness (QED) is 0.858. The molecule has 0 radical (unpaired) electrons. The molecule has 5 nitrogen and oxygen atoms in total. The lowest BCUT2D eigenvalue weighted by atomic mass is 10.1. The third-order valence-electron chi connectivity index (χ3n) is 2.87. The van der Waals surface area contributed by atoms with Crippen molar-refractivity contribution in [1.29, 1.82) is 0 Å². The minimum atomic E-state index is -0.513. The molecule has 0 amide bonds. The van der Waals surface area contributed by atoms with E-state index in [-0.39, 0.29) is 17.1 Å². The first-order chi connectivity index (χ1) is 9.12. The fourth-order valence-corrected chi connectivity index (χ4v) is 1.87. The Balaban J connectivity index is 2.58. The van der Waals surface area contributed by atoms with Gasteiger partial charge in [0.15, 0.2) is 17.9 Å². The first-order valence-corrected chi connectivity index (χ1v) is 5.77. The number of methoxy groups -OCH3 is 1. The third-order valence-corrected chi connectivity index (χ3v) is 2.87. The zero-order valence-corrected chi connectivity index (χ0v) is 10.7. The third kappa shape index (κ3) is 2.16. The number of hydrogen-bond donors (Lipinski definition) is 1. The van der Waals surface area contributed by atoms with Gasteiger partial charge in [0, 0.05) is 12.1 Å². The normalized spacial score (nSPS) is 10.5. The molecule has 0 atom stereocenters.